The van der Waals surface area contributed by atoms with Gasteiger partial charge in [-0.05, 0) is 30.5 Å². The minimum atomic E-state index is -0.363. The molecule has 29 heavy (non-hydrogen) atoms. The number of carbonyl (C=O) groups is 2. The minimum absolute atomic E-state index is 0.00353. The van der Waals surface area contributed by atoms with E-state index in [4.69, 9.17) is 14.7 Å². The number of nitriles is 1. The van der Waals surface area contributed by atoms with Gasteiger partial charge in [0.25, 0.3) is 0 Å². The lowest BCUT2D eigenvalue weighted by Crippen LogP contribution is -2.59. The first kappa shape index (κ1) is 19.1. The summed E-state index contributed by atoms with van der Waals surface area (Å²) >= 11 is 0. The largest absolute Gasteiger partial charge is 0.445 e. The number of hydrogen-bond donors (Lipinski definition) is 0. The van der Waals surface area contributed by atoms with Gasteiger partial charge in [-0.2, -0.15) is 5.26 Å². The van der Waals surface area contributed by atoms with E-state index >= 15 is 0 Å². The van der Waals surface area contributed by atoms with Crippen molar-refractivity contribution in [2.45, 2.75) is 31.5 Å². The maximum atomic E-state index is 12.9. The number of fused-ring (bicyclic) bond motifs is 2. The van der Waals surface area contributed by atoms with E-state index in [1.54, 1.807) is 17.0 Å². The van der Waals surface area contributed by atoms with Gasteiger partial charge in [-0.15, -0.1) is 0 Å². The molecule has 2 aliphatic rings. The molecule has 1 aromatic heterocycles. The predicted molar refractivity (Wildman–Crippen MR) is 103 cm³/mol. The number of hydrogen-bond acceptors (Lipinski definition) is 6. The molecular weight excluding hydrogens is 370 g/mol. The fourth-order valence-corrected chi connectivity index (χ4v) is 4.06. The van der Waals surface area contributed by atoms with Crippen molar-refractivity contribution in [3.63, 3.8) is 0 Å². The van der Waals surface area contributed by atoms with Gasteiger partial charge >= 0.3 is 6.09 Å². The molecule has 1 aromatic carbocycles. The average molecular weight is 391 g/mol. The molecular formula is C22H21N3O4. The second-order valence-electron chi connectivity index (χ2n) is 7.37. The normalized spacial score (nSPS) is 23.1. The van der Waals surface area contributed by atoms with E-state index < -0.39 is 0 Å². The first-order valence-electron chi connectivity index (χ1n) is 9.63. The van der Waals surface area contributed by atoms with Gasteiger partial charge in [0.05, 0.1) is 25.3 Å². The number of morpholine rings is 1. The summed E-state index contributed by atoms with van der Waals surface area (Å²) in [7, 11) is 0. The Morgan fingerprint density at radius 1 is 1.14 bits per heavy atom. The number of benzene rings is 1. The third-order valence-corrected chi connectivity index (χ3v) is 5.47. The molecule has 0 saturated carbocycles. The van der Waals surface area contributed by atoms with Gasteiger partial charge in [0.1, 0.15) is 18.4 Å². The van der Waals surface area contributed by atoms with E-state index in [0.29, 0.717) is 31.6 Å². The fourth-order valence-electron chi connectivity index (χ4n) is 4.06. The molecule has 2 aliphatic heterocycles. The number of pyridine rings is 1. The molecule has 0 spiro atoms. The van der Waals surface area contributed by atoms with Crippen LogP contribution in [0, 0.1) is 17.2 Å². The number of aromatic nitrogens is 1. The Hall–Kier alpha value is -3.24. The Morgan fingerprint density at radius 2 is 1.86 bits per heavy atom. The van der Waals surface area contributed by atoms with Crippen molar-refractivity contribution in [3.05, 3.63) is 65.5 Å². The second kappa shape index (κ2) is 8.41. The highest BCUT2D eigenvalue weighted by atomic mass is 16.6. The van der Waals surface area contributed by atoms with Crippen LogP contribution in [0.25, 0.3) is 0 Å². The lowest BCUT2D eigenvalue weighted by atomic mass is 9.81. The van der Waals surface area contributed by atoms with E-state index in [0.717, 1.165) is 5.56 Å². The Balaban J connectivity index is 1.42. The molecule has 7 nitrogen and oxygen atoms in total. The summed E-state index contributed by atoms with van der Waals surface area (Å²) in [5.41, 5.74) is 1.71. The Bertz CT molecular complexity index is 909. The molecule has 0 aliphatic carbocycles. The van der Waals surface area contributed by atoms with Gasteiger partial charge in [0.15, 0.2) is 5.78 Å². The molecule has 2 fully saturated rings. The molecule has 1 amide bonds. The molecule has 2 unspecified atom stereocenters. The van der Waals surface area contributed by atoms with Gasteiger partial charge in [0.2, 0.25) is 0 Å². The minimum Gasteiger partial charge on any atom is -0.445 e. The van der Waals surface area contributed by atoms with Crippen molar-refractivity contribution < 1.29 is 19.1 Å². The molecule has 4 rings (SSSR count). The number of piperidine rings is 1. The van der Waals surface area contributed by atoms with Crippen LogP contribution in [0.5, 0.6) is 0 Å². The summed E-state index contributed by atoms with van der Waals surface area (Å²) in [5, 5.41) is 8.86. The maximum Gasteiger partial charge on any atom is 0.410 e. The molecule has 2 saturated heterocycles. The molecule has 148 valence electrons. The number of Topliss-reactive ketones (excluding diaryl/α,β-unsaturated/α-hetero) is 1. The van der Waals surface area contributed by atoms with Gasteiger partial charge < -0.3 is 9.47 Å². The smallest absolute Gasteiger partial charge is 0.410 e. The van der Waals surface area contributed by atoms with Crippen molar-refractivity contribution >= 4 is 11.9 Å². The van der Waals surface area contributed by atoms with Crippen LogP contribution in [0.2, 0.25) is 0 Å². The molecule has 3 heterocycles. The van der Waals surface area contributed by atoms with Crippen LogP contribution in [0.15, 0.2) is 48.7 Å². The van der Waals surface area contributed by atoms with Crippen molar-refractivity contribution in [1.82, 2.24) is 9.88 Å². The van der Waals surface area contributed by atoms with Crippen molar-refractivity contribution in [2.75, 3.05) is 13.2 Å². The highest BCUT2D eigenvalue weighted by Crippen LogP contribution is 2.34. The number of rotatable bonds is 4. The first-order chi connectivity index (χ1) is 14.2. The van der Waals surface area contributed by atoms with Crippen LogP contribution in [0.1, 0.15) is 34.5 Å². The summed E-state index contributed by atoms with van der Waals surface area (Å²) in [4.78, 5) is 31.4. The summed E-state index contributed by atoms with van der Waals surface area (Å²) < 4.78 is 11.2. The monoisotopic (exact) mass is 391 g/mol. The zero-order valence-electron chi connectivity index (χ0n) is 15.9. The molecule has 7 heteroatoms. The number of ketones is 1. The number of nitrogens with zero attached hydrogens (tertiary/aromatic N) is 3. The molecule has 2 atom stereocenters. The highest BCUT2D eigenvalue weighted by molar-refractivity contribution is 5.97. The standard InChI is InChI=1S/C22H21N3O4/c23-10-18-7-6-16(11-24-18)21(26)17-8-19-13-28-14-20(9-17)25(19)22(27)29-12-15-4-2-1-3-5-15/h1-7,11,17,19-20H,8-9,12-14H2. The van der Waals surface area contributed by atoms with E-state index in [2.05, 4.69) is 4.98 Å². The maximum absolute atomic E-state index is 12.9. The molecule has 2 bridgehead atoms. The number of carbonyl (C=O) groups excluding carboxylic acids is 2. The SMILES string of the molecule is N#Cc1ccc(C(=O)C2CC3COCC(C2)N3C(=O)OCc2ccccc2)cn1. The third-order valence-electron chi connectivity index (χ3n) is 5.47. The van der Waals surface area contributed by atoms with Gasteiger partial charge in [-0.3, -0.25) is 9.69 Å². The van der Waals surface area contributed by atoms with Crippen LogP contribution < -0.4 is 0 Å². The Kier molecular flexibility index (Phi) is 5.54. The van der Waals surface area contributed by atoms with Crippen LogP contribution >= 0.6 is 0 Å². The number of ether oxygens (including phenoxy) is 2. The number of amides is 1. The van der Waals surface area contributed by atoms with E-state index in [1.807, 2.05) is 36.4 Å². The van der Waals surface area contributed by atoms with Crippen molar-refractivity contribution in [2.24, 2.45) is 5.92 Å². The van der Waals surface area contributed by atoms with Gasteiger partial charge in [-0.1, -0.05) is 30.3 Å². The quantitative estimate of drug-likeness (QED) is 0.744. The van der Waals surface area contributed by atoms with Crippen LogP contribution in [-0.4, -0.2) is 47.1 Å². The van der Waals surface area contributed by atoms with Gasteiger partial charge in [-0.25, -0.2) is 9.78 Å². The van der Waals surface area contributed by atoms with Crippen LogP contribution in [0.3, 0.4) is 0 Å². The van der Waals surface area contributed by atoms with Crippen LogP contribution in [-0.2, 0) is 16.1 Å². The van der Waals surface area contributed by atoms with Gasteiger partial charge in [0, 0.05) is 17.7 Å². The first-order valence-corrected chi connectivity index (χ1v) is 9.63. The highest BCUT2D eigenvalue weighted by Gasteiger charge is 2.44. The topological polar surface area (TPSA) is 92.5 Å². The van der Waals surface area contributed by atoms with E-state index in [9.17, 15) is 9.59 Å². The summed E-state index contributed by atoms with van der Waals surface area (Å²) in [6.45, 7) is 1.01. The molecule has 2 aromatic rings. The average Bonchev–Trinajstić information content (AvgIpc) is 2.77. The second-order valence-corrected chi connectivity index (χ2v) is 7.37. The zero-order valence-corrected chi connectivity index (χ0v) is 15.9. The van der Waals surface area contributed by atoms with Crippen LogP contribution in [0.4, 0.5) is 4.79 Å². The summed E-state index contributed by atoms with van der Waals surface area (Å²) in [5.74, 6) is -0.210. The predicted octanol–water partition coefficient (Wildman–Crippen LogP) is 2.95. The Labute approximate surface area is 168 Å². The summed E-state index contributed by atoms with van der Waals surface area (Å²) in [6, 6.07) is 14.3. The third kappa shape index (κ3) is 4.13. The van der Waals surface area contributed by atoms with Crippen molar-refractivity contribution in [3.8, 4) is 6.07 Å². The lowest BCUT2D eigenvalue weighted by molar-refractivity contribution is -0.0755. The lowest BCUT2D eigenvalue weighted by Gasteiger charge is -2.47. The Morgan fingerprint density at radius 3 is 2.48 bits per heavy atom. The zero-order chi connectivity index (χ0) is 20.2. The molecule has 0 radical (unpaired) electrons. The molecule has 0 N–H and O–H groups in total. The van der Waals surface area contributed by atoms with Crippen molar-refractivity contribution in [1.29, 1.82) is 5.26 Å². The fraction of sp³-hybridized carbons (Fsp3) is 0.364. The van der Waals surface area contributed by atoms with E-state index in [-0.39, 0.29) is 42.2 Å². The summed E-state index contributed by atoms with van der Waals surface area (Å²) in [6.07, 6.45) is 2.14. The van der Waals surface area contributed by atoms with E-state index in [1.165, 1.54) is 6.20 Å².